The summed E-state index contributed by atoms with van der Waals surface area (Å²) in [6.07, 6.45) is 3.79. The van der Waals surface area contributed by atoms with E-state index in [0.717, 1.165) is 18.4 Å². The van der Waals surface area contributed by atoms with Gasteiger partial charge in [-0.05, 0) is 73.8 Å². The number of rotatable bonds is 7. The van der Waals surface area contributed by atoms with Gasteiger partial charge < -0.3 is 5.32 Å². The van der Waals surface area contributed by atoms with Gasteiger partial charge in [-0.1, -0.05) is 20.8 Å². The zero-order valence-electron chi connectivity index (χ0n) is 18.0. The number of nitrogens with zero attached hydrogens (tertiary/aromatic N) is 2. The average Bonchev–Trinajstić information content (AvgIpc) is 3.36. The Balaban J connectivity index is 1.88. The lowest BCUT2D eigenvalue weighted by Crippen LogP contribution is -2.34. The number of amides is 2. The zero-order valence-corrected chi connectivity index (χ0v) is 18.8. The lowest BCUT2D eigenvalue weighted by molar-refractivity contribution is 0.256. The Morgan fingerprint density at radius 1 is 1.23 bits per heavy atom. The molecule has 1 aliphatic rings. The van der Waals surface area contributed by atoms with E-state index in [2.05, 4.69) is 15.1 Å². The van der Waals surface area contributed by atoms with Crippen molar-refractivity contribution in [2.45, 2.75) is 70.4 Å². The van der Waals surface area contributed by atoms with Crippen molar-refractivity contribution < 1.29 is 13.4 Å². The minimum absolute atomic E-state index is 0.0129. The molecule has 30 heavy (non-hydrogen) atoms. The standard InChI is InChI=1S/C21H30FN5O2S/c1-12(2)17-10-16(22)11-18(14(5)15-6-7-15)20(17)24-21(28)26-30(23,29)19-8-9-27(25-19)13(3)4/h8-15H,6-7H2,1-5H3,(H3,23,24,26,28,29). The van der Waals surface area contributed by atoms with Crippen LogP contribution < -0.4 is 10.0 Å². The Morgan fingerprint density at radius 2 is 1.87 bits per heavy atom. The van der Waals surface area contributed by atoms with Gasteiger partial charge in [-0.25, -0.2) is 22.9 Å². The van der Waals surface area contributed by atoms with Crippen LogP contribution in [-0.2, 0) is 9.92 Å². The second-order valence-electron chi connectivity index (χ2n) is 8.58. The second kappa shape index (κ2) is 8.37. The summed E-state index contributed by atoms with van der Waals surface area (Å²) >= 11 is 0. The maximum absolute atomic E-state index is 14.3. The van der Waals surface area contributed by atoms with Crippen LogP contribution in [0, 0.1) is 16.5 Å². The lowest BCUT2D eigenvalue weighted by Gasteiger charge is -2.22. The summed E-state index contributed by atoms with van der Waals surface area (Å²) in [5.74, 6) is 0.199. The van der Waals surface area contributed by atoms with Gasteiger partial charge in [0.25, 0.3) is 0 Å². The van der Waals surface area contributed by atoms with E-state index in [1.165, 1.54) is 18.2 Å². The summed E-state index contributed by atoms with van der Waals surface area (Å²) < 4.78 is 39.0. The molecular weight excluding hydrogens is 405 g/mol. The SMILES string of the molecule is CC(C)c1cc(F)cc(C(C)C2CC2)c1NC(=O)NS(=N)(=O)c1ccn(C(C)C)n1. The van der Waals surface area contributed by atoms with E-state index in [1.807, 2.05) is 34.6 Å². The van der Waals surface area contributed by atoms with Crippen molar-refractivity contribution in [3.8, 4) is 0 Å². The number of anilines is 1. The largest absolute Gasteiger partial charge is 0.332 e. The molecule has 2 aromatic rings. The number of aromatic nitrogens is 2. The molecule has 0 spiro atoms. The van der Waals surface area contributed by atoms with Gasteiger partial charge in [0.15, 0.2) is 14.9 Å². The fraction of sp³-hybridized carbons (Fsp3) is 0.524. The molecule has 0 radical (unpaired) electrons. The van der Waals surface area contributed by atoms with Crippen LogP contribution in [0.1, 0.15) is 76.5 Å². The molecule has 164 valence electrons. The maximum Gasteiger partial charge on any atom is 0.332 e. The average molecular weight is 436 g/mol. The highest BCUT2D eigenvalue weighted by atomic mass is 32.2. The van der Waals surface area contributed by atoms with Gasteiger partial charge in [-0.15, -0.1) is 0 Å². The molecule has 0 aliphatic heterocycles. The molecule has 0 saturated heterocycles. The van der Waals surface area contributed by atoms with Crippen LogP contribution in [0.3, 0.4) is 0 Å². The minimum Gasteiger partial charge on any atom is -0.307 e. The number of hydrogen-bond acceptors (Lipinski definition) is 4. The van der Waals surface area contributed by atoms with E-state index < -0.39 is 15.9 Å². The number of benzene rings is 1. The molecule has 0 bridgehead atoms. The van der Waals surface area contributed by atoms with Crippen molar-refractivity contribution in [1.82, 2.24) is 14.5 Å². The van der Waals surface area contributed by atoms with Gasteiger partial charge in [0.1, 0.15) is 5.82 Å². The van der Waals surface area contributed by atoms with Crippen LogP contribution >= 0.6 is 0 Å². The predicted octanol–water partition coefficient (Wildman–Crippen LogP) is 5.38. The highest BCUT2D eigenvalue weighted by molar-refractivity contribution is 7.91. The van der Waals surface area contributed by atoms with Crippen molar-refractivity contribution in [1.29, 1.82) is 4.78 Å². The Labute approximate surface area is 177 Å². The first-order chi connectivity index (χ1) is 14.0. The van der Waals surface area contributed by atoms with Crippen molar-refractivity contribution in [3.63, 3.8) is 0 Å². The number of urea groups is 1. The first-order valence-corrected chi connectivity index (χ1v) is 11.8. The molecule has 1 saturated carbocycles. The van der Waals surface area contributed by atoms with E-state index in [1.54, 1.807) is 10.9 Å². The van der Waals surface area contributed by atoms with Crippen LogP contribution in [0.5, 0.6) is 0 Å². The third kappa shape index (κ3) is 4.83. The van der Waals surface area contributed by atoms with Crippen LogP contribution in [-0.4, -0.2) is 20.0 Å². The summed E-state index contributed by atoms with van der Waals surface area (Å²) in [7, 11) is -3.64. The number of hydrogen-bond donors (Lipinski definition) is 3. The van der Waals surface area contributed by atoms with Gasteiger partial charge in [0, 0.05) is 17.9 Å². The Hall–Kier alpha value is -2.42. The monoisotopic (exact) mass is 435 g/mol. The fourth-order valence-corrected chi connectivity index (χ4v) is 4.42. The molecule has 1 aromatic carbocycles. The molecule has 2 unspecified atom stereocenters. The molecule has 2 atom stereocenters. The van der Waals surface area contributed by atoms with Gasteiger partial charge in [-0.2, -0.15) is 5.10 Å². The van der Waals surface area contributed by atoms with E-state index >= 15 is 0 Å². The topological polar surface area (TPSA) is 99.9 Å². The Bertz CT molecular complexity index is 1040. The molecule has 1 aromatic heterocycles. The smallest absolute Gasteiger partial charge is 0.307 e. The van der Waals surface area contributed by atoms with Crippen LogP contribution in [0.4, 0.5) is 14.9 Å². The molecule has 9 heteroatoms. The van der Waals surface area contributed by atoms with Crippen LogP contribution in [0.15, 0.2) is 29.4 Å². The predicted molar refractivity (Wildman–Crippen MR) is 116 cm³/mol. The first-order valence-electron chi connectivity index (χ1n) is 10.3. The highest BCUT2D eigenvalue weighted by Crippen LogP contribution is 2.46. The third-order valence-corrected chi connectivity index (χ3v) is 6.77. The summed E-state index contributed by atoms with van der Waals surface area (Å²) in [6.45, 7) is 9.71. The minimum atomic E-state index is -3.64. The maximum atomic E-state index is 14.3. The highest BCUT2D eigenvalue weighted by Gasteiger charge is 2.32. The lowest BCUT2D eigenvalue weighted by atomic mass is 9.89. The number of carbonyl (C=O) groups is 1. The molecule has 7 nitrogen and oxygen atoms in total. The summed E-state index contributed by atoms with van der Waals surface area (Å²) in [6, 6.07) is 3.63. The first kappa shape index (κ1) is 22.3. The summed E-state index contributed by atoms with van der Waals surface area (Å²) in [5.41, 5.74) is 1.94. The van der Waals surface area contributed by atoms with Crippen molar-refractivity contribution in [3.05, 3.63) is 41.3 Å². The number of carbonyl (C=O) groups excluding carboxylic acids is 1. The van der Waals surface area contributed by atoms with Crippen LogP contribution in [0.2, 0.25) is 0 Å². The molecule has 2 amide bonds. The van der Waals surface area contributed by atoms with Gasteiger partial charge in [0.2, 0.25) is 0 Å². The normalized spacial score (nSPS) is 17.1. The van der Waals surface area contributed by atoms with Gasteiger partial charge >= 0.3 is 6.03 Å². The van der Waals surface area contributed by atoms with E-state index in [4.69, 9.17) is 4.78 Å². The summed E-state index contributed by atoms with van der Waals surface area (Å²) in [5, 5.41) is 6.88. The summed E-state index contributed by atoms with van der Waals surface area (Å²) in [4.78, 5) is 12.7. The molecule has 1 fully saturated rings. The number of halogens is 1. The molecular formula is C21H30FN5O2S. The van der Waals surface area contributed by atoms with Crippen molar-refractivity contribution in [2.24, 2.45) is 5.92 Å². The van der Waals surface area contributed by atoms with Crippen LogP contribution in [0.25, 0.3) is 0 Å². The molecule has 1 heterocycles. The van der Waals surface area contributed by atoms with Gasteiger partial charge in [-0.3, -0.25) is 4.68 Å². The van der Waals surface area contributed by atoms with Gasteiger partial charge in [0.05, 0.1) is 0 Å². The fourth-order valence-electron chi connectivity index (χ4n) is 3.54. The second-order valence-corrected chi connectivity index (χ2v) is 10.3. The Morgan fingerprint density at radius 3 is 2.40 bits per heavy atom. The zero-order chi connectivity index (χ0) is 22.2. The van der Waals surface area contributed by atoms with Crippen molar-refractivity contribution in [2.75, 3.05) is 5.32 Å². The Kier molecular flexibility index (Phi) is 6.21. The van der Waals surface area contributed by atoms with Crippen molar-refractivity contribution >= 4 is 21.6 Å². The molecule has 3 rings (SSSR count). The van der Waals surface area contributed by atoms with E-state index in [-0.39, 0.29) is 28.7 Å². The quantitative estimate of drug-likeness (QED) is 0.544. The van der Waals surface area contributed by atoms with E-state index in [0.29, 0.717) is 17.2 Å². The number of nitrogens with one attached hydrogen (secondary N) is 3. The van der Waals surface area contributed by atoms with E-state index in [9.17, 15) is 13.4 Å². The molecule has 1 aliphatic carbocycles. The third-order valence-electron chi connectivity index (χ3n) is 5.49. The molecule has 3 N–H and O–H groups in total.